The number of carbonyl (C=O) groups is 2. The average molecular weight is 550 g/mol. The molecule has 0 amide bonds. The summed E-state index contributed by atoms with van der Waals surface area (Å²) in [6.45, 7) is 4.53. The van der Waals surface area contributed by atoms with E-state index >= 15 is 0 Å². The molecule has 0 saturated heterocycles. The highest BCUT2D eigenvalue weighted by Gasteiger charge is 2.28. The Morgan fingerprint density at radius 2 is 1.59 bits per heavy atom. The van der Waals surface area contributed by atoms with Crippen molar-refractivity contribution >= 4 is 42.4 Å². The summed E-state index contributed by atoms with van der Waals surface area (Å²) in [7, 11) is 3.14. The van der Waals surface area contributed by atoms with Crippen LogP contribution in [0.15, 0.2) is 54.6 Å². The van der Waals surface area contributed by atoms with Crippen LogP contribution in [0.5, 0.6) is 0 Å². The number of nitro benzene ring substituents is 1. The quantitative estimate of drug-likeness (QED) is 0.203. The zero-order valence-electron chi connectivity index (χ0n) is 20.9. The Labute approximate surface area is 227 Å². The lowest BCUT2D eigenvalue weighted by molar-refractivity contribution is -0.384. The molecule has 0 atom stereocenters. The highest BCUT2D eigenvalue weighted by Crippen LogP contribution is 2.34. The molecule has 0 N–H and O–H groups in total. The molecule has 0 bridgehead atoms. The number of benzene rings is 2. The molecule has 2 aromatic carbocycles. The number of halogens is 2. The van der Waals surface area contributed by atoms with Gasteiger partial charge in [-0.15, -0.1) is 24.8 Å². The third-order valence-electron chi connectivity index (χ3n) is 5.50. The zero-order chi connectivity index (χ0) is 25.5. The molecular formula is C26H29Cl2N3O6. The topological polar surface area (TPSA) is 112 Å². The largest absolute Gasteiger partial charge is 0.465 e. The fourth-order valence-electron chi connectivity index (χ4n) is 3.86. The molecule has 1 heterocycles. The number of esters is 2. The van der Waals surface area contributed by atoms with Gasteiger partial charge in [0.1, 0.15) is 6.61 Å². The Morgan fingerprint density at radius 3 is 2.19 bits per heavy atom. The van der Waals surface area contributed by atoms with E-state index in [1.54, 1.807) is 19.9 Å². The van der Waals surface area contributed by atoms with Crippen molar-refractivity contribution in [3.63, 3.8) is 0 Å². The second-order valence-corrected chi connectivity index (χ2v) is 8.07. The van der Waals surface area contributed by atoms with Crippen molar-refractivity contribution in [1.29, 1.82) is 0 Å². The van der Waals surface area contributed by atoms with Crippen LogP contribution in [-0.2, 0) is 16.0 Å². The summed E-state index contributed by atoms with van der Waals surface area (Å²) in [5.41, 5.74) is 2.31. The Morgan fingerprint density at radius 1 is 0.973 bits per heavy atom. The van der Waals surface area contributed by atoms with Gasteiger partial charge in [-0.2, -0.15) is 0 Å². The summed E-state index contributed by atoms with van der Waals surface area (Å²) in [6.07, 6.45) is 0. The number of aryl methyl sites for hydroxylation is 2. The van der Waals surface area contributed by atoms with E-state index in [4.69, 9.17) is 9.47 Å². The summed E-state index contributed by atoms with van der Waals surface area (Å²) in [4.78, 5) is 43.1. The van der Waals surface area contributed by atoms with Gasteiger partial charge < -0.3 is 9.47 Å². The van der Waals surface area contributed by atoms with Gasteiger partial charge in [-0.25, -0.2) is 9.59 Å². The molecule has 0 aliphatic carbocycles. The van der Waals surface area contributed by atoms with Gasteiger partial charge in [-0.1, -0.05) is 42.5 Å². The lowest BCUT2D eigenvalue weighted by Crippen LogP contribution is -2.25. The predicted octanol–water partition coefficient (Wildman–Crippen LogP) is 5.19. The normalized spacial score (nSPS) is 10.2. The maximum absolute atomic E-state index is 13.2. The van der Waals surface area contributed by atoms with Crippen LogP contribution in [0.3, 0.4) is 0 Å². The molecule has 9 nitrogen and oxygen atoms in total. The van der Waals surface area contributed by atoms with Crippen LogP contribution in [0.2, 0.25) is 0 Å². The van der Waals surface area contributed by atoms with Crippen LogP contribution in [0, 0.1) is 24.0 Å². The number of rotatable bonds is 9. The highest BCUT2D eigenvalue weighted by atomic mass is 35.5. The van der Waals surface area contributed by atoms with Crippen LogP contribution in [0.4, 0.5) is 5.69 Å². The van der Waals surface area contributed by atoms with Crippen LogP contribution in [0.1, 0.15) is 37.7 Å². The summed E-state index contributed by atoms with van der Waals surface area (Å²) < 4.78 is 10.5. The summed E-state index contributed by atoms with van der Waals surface area (Å²) in [6, 6.07) is 15.6. The average Bonchev–Trinajstić information content (AvgIpc) is 2.83. The Bertz CT molecular complexity index is 1250. The maximum atomic E-state index is 13.2. The van der Waals surface area contributed by atoms with Crippen LogP contribution in [-0.4, -0.2) is 54.1 Å². The van der Waals surface area contributed by atoms with E-state index in [0.717, 1.165) is 5.56 Å². The number of pyridine rings is 1. The van der Waals surface area contributed by atoms with Crippen molar-refractivity contribution in [2.75, 3.05) is 27.3 Å². The molecule has 1 aromatic heterocycles. The van der Waals surface area contributed by atoms with Crippen molar-refractivity contribution in [2.24, 2.45) is 0 Å². The minimum atomic E-state index is -0.701. The first kappa shape index (κ1) is 31.5. The third-order valence-corrected chi connectivity index (χ3v) is 5.50. The lowest BCUT2D eigenvalue weighted by atomic mass is 9.92. The first-order chi connectivity index (χ1) is 16.7. The van der Waals surface area contributed by atoms with Gasteiger partial charge in [0, 0.05) is 30.8 Å². The number of carbonyl (C=O) groups excluding carboxylic acids is 2. The minimum absolute atomic E-state index is 0. The number of nitrogens with zero attached hydrogens (tertiary/aromatic N) is 3. The molecule has 0 fully saturated rings. The molecule has 0 aliphatic rings. The van der Waals surface area contributed by atoms with Gasteiger partial charge in [0.25, 0.3) is 5.69 Å². The van der Waals surface area contributed by atoms with Gasteiger partial charge in [-0.3, -0.25) is 20.0 Å². The van der Waals surface area contributed by atoms with Crippen molar-refractivity contribution in [2.45, 2.75) is 20.4 Å². The second-order valence-electron chi connectivity index (χ2n) is 8.07. The van der Waals surface area contributed by atoms with Gasteiger partial charge in [0.2, 0.25) is 0 Å². The molecule has 0 spiro atoms. The van der Waals surface area contributed by atoms with Crippen LogP contribution < -0.4 is 0 Å². The number of likely N-dealkylation sites (N-methyl/N-ethyl adjacent to an activating group) is 1. The van der Waals surface area contributed by atoms with Gasteiger partial charge >= 0.3 is 11.9 Å². The first-order valence-electron chi connectivity index (χ1n) is 11.0. The number of ether oxygens (including phenoxy) is 2. The maximum Gasteiger partial charge on any atom is 0.340 e. The van der Waals surface area contributed by atoms with Crippen molar-refractivity contribution < 1.29 is 24.0 Å². The number of nitro groups is 1. The molecule has 3 aromatic rings. The van der Waals surface area contributed by atoms with Gasteiger partial charge in [0.05, 0.1) is 34.5 Å². The first-order valence-corrected chi connectivity index (χ1v) is 11.0. The molecular weight excluding hydrogens is 521 g/mol. The SMILES string of the molecule is COC(=O)c1c(C)nc(C)c(C(=O)OCCN(C)Cc2ccccc2)c1-c1cccc([N+](=O)[O-])c1.Cl.Cl. The van der Waals surface area contributed by atoms with E-state index in [1.807, 2.05) is 42.3 Å². The molecule has 37 heavy (non-hydrogen) atoms. The van der Waals surface area contributed by atoms with Crippen molar-refractivity contribution in [3.8, 4) is 11.1 Å². The van der Waals surface area contributed by atoms with Crippen molar-refractivity contribution in [3.05, 3.63) is 92.8 Å². The Kier molecular flexibility index (Phi) is 12.1. The monoisotopic (exact) mass is 549 g/mol. The molecule has 0 aliphatic heterocycles. The van der Waals surface area contributed by atoms with E-state index in [-0.39, 0.29) is 53.8 Å². The summed E-state index contributed by atoms with van der Waals surface area (Å²) in [5, 5.41) is 11.4. The summed E-state index contributed by atoms with van der Waals surface area (Å²) >= 11 is 0. The lowest BCUT2D eigenvalue weighted by Gasteiger charge is -2.19. The molecule has 3 rings (SSSR count). The molecule has 0 unspecified atom stereocenters. The fourth-order valence-corrected chi connectivity index (χ4v) is 3.86. The van der Waals surface area contributed by atoms with E-state index in [9.17, 15) is 19.7 Å². The Hall–Kier alpha value is -3.53. The van der Waals surface area contributed by atoms with Crippen LogP contribution >= 0.6 is 24.8 Å². The second kappa shape index (κ2) is 14.3. The number of hydrogen-bond acceptors (Lipinski definition) is 8. The smallest absolute Gasteiger partial charge is 0.340 e. The zero-order valence-corrected chi connectivity index (χ0v) is 22.6. The number of aromatic nitrogens is 1. The Balaban J connectivity index is 0.00000342. The predicted molar refractivity (Wildman–Crippen MR) is 145 cm³/mol. The van der Waals surface area contributed by atoms with Gasteiger partial charge in [-0.05, 0) is 32.0 Å². The molecule has 0 saturated carbocycles. The third kappa shape index (κ3) is 7.72. The summed E-state index contributed by atoms with van der Waals surface area (Å²) in [5.74, 6) is -1.37. The van der Waals surface area contributed by atoms with E-state index in [2.05, 4.69) is 4.98 Å². The highest BCUT2D eigenvalue weighted by molar-refractivity contribution is 6.07. The minimum Gasteiger partial charge on any atom is -0.465 e. The number of methoxy groups -OCH3 is 1. The fraction of sp³-hybridized carbons (Fsp3) is 0.269. The van der Waals surface area contributed by atoms with Gasteiger partial charge in [0.15, 0.2) is 0 Å². The number of non-ortho nitro benzene ring substituents is 1. The number of hydrogen-bond donors (Lipinski definition) is 0. The standard InChI is InChI=1S/C26H27N3O6.2ClH/c1-17-22(25(30)34-4)24(20-11-8-12-21(15-20)29(32)33)23(18(2)27-17)26(31)35-14-13-28(3)16-19-9-6-5-7-10-19;;/h5-12,15H,13-14,16H2,1-4H3;2*1H. The molecule has 0 radical (unpaired) electrons. The van der Waals surface area contributed by atoms with E-state index in [0.29, 0.717) is 30.0 Å². The molecule has 11 heteroatoms. The van der Waals surface area contributed by atoms with E-state index < -0.39 is 16.9 Å². The van der Waals surface area contributed by atoms with E-state index in [1.165, 1.54) is 25.3 Å². The van der Waals surface area contributed by atoms with Crippen LogP contribution in [0.25, 0.3) is 11.1 Å². The molecule has 198 valence electrons. The van der Waals surface area contributed by atoms with Crippen molar-refractivity contribution in [1.82, 2.24) is 9.88 Å².